The summed E-state index contributed by atoms with van der Waals surface area (Å²) in [4.78, 5) is 21.0. The van der Waals surface area contributed by atoms with Crippen molar-refractivity contribution in [2.45, 2.75) is 13.8 Å². The number of hydrogen-bond donors (Lipinski definition) is 1. The van der Waals surface area contributed by atoms with E-state index in [1.165, 1.54) is 20.2 Å². The SMILES string of the molecule is C=C(S)/C=C\C.C=C/C=C\C.c1ccc(-c2cccc(-c3nc(-c4cccc(-c5ccccc5)c4)nc(-n4c5ccncc5c5c6c(ccc54)sc4ccccc46)n3)c2)cc1. The standard InChI is InChI=1S/C44H27N5S.C5H8S.C5H8/c1-3-11-28(12-4-1)30-15-9-17-32(25-30)42-46-43(33-18-10-16-31(26-33)29-13-5-2-6-14-29)48-44(47-42)49-36-23-24-45-27-35(36)40-37(49)21-22-39-41(40)34-19-7-8-20-38(34)50-39;1-3-4-5(2)6;1-3-5-4-2/h1-27H;3-4,6H,2H2,1H3;3-5H,1H2,2H3/b;4-3-;5-4-. The van der Waals surface area contributed by atoms with Crippen molar-refractivity contribution in [1.29, 1.82) is 0 Å². The molecular formula is C54H43N5S2. The van der Waals surface area contributed by atoms with Crippen molar-refractivity contribution in [3.63, 3.8) is 0 Å². The Balaban J connectivity index is 0.000000418. The van der Waals surface area contributed by atoms with Crippen molar-refractivity contribution >= 4 is 65.9 Å². The second-order valence-electron chi connectivity index (χ2n) is 14.1. The summed E-state index contributed by atoms with van der Waals surface area (Å²) in [5.41, 5.74) is 8.36. The quantitative estimate of drug-likeness (QED) is 0.128. The molecule has 0 N–H and O–H groups in total. The predicted octanol–water partition coefficient (Wildman–Crippen LogP) is 15.2. The molecule has 4 heterocycles. The summed E-state index contributed by atoms with van der Waals surface area (Å²) < 4.78 is 4.69. The van der Waals surface area contributed by atoms with Gasteiger partial charge in [0.15, 0.2) is 11.6 Å². The van der Waals surface area contributed by atoms with Crippen LogP contribution in [0.1, 0.15) is 13.8 Å². The molecule has 0 aliphatic heterocycles. The number of thiol groups is 1. The molecule has 296 valence electrons. The van der Waals surface area contributed by atoms with Gasteiger partial charge < -0.3 is 0 Å². The summed E-state index contributed by atoms with van der Waals surface area (Å²) >= 11 is 5.71. The van der Waals surface area contributed by atoms with E-state index < -0.39 is 0 Å². The lowest BCUT2D eigenvalue weighted by Crippen LogP contribution is -2.06. The molecule has 0 bridgehead atoms. The molecule has 0 amide bonds. The van der Waals surface area contributed by atoms with Crippen molar-refractivity contribution in [1.82, 2.24) is 24.5 Å². The van der Waals surface area contributed by atoms with E-state index in [2.05, 4.69) is 175 Å². The minimum absolute atomic E-state index is 0.560. The molecule has 0 aliphatic carbocycles. The number of allylic oxidation sites excluding steroid dienone is 5. The minimum Gasteiger partial charge on any atom is -0.278 e. The van der Waals surface area contributed by atoms with Gasteiger partial charge in [0.25, 0.3) is 0 Å². The summed E-state index contributed by atoms with van der Waals surface area (Å²) in [6, 6.07) is 52.8. The molecule has 6 aromatic carbocycles. The van der Waals surface area contributed by atoms with Gasteiger partial charge in [-0.25, -0.2) is 4.98 Å². The van der Waals surface area contributed by atoms with E-state index in [0.717, 1.165) is 60.1 Å². The summed E-state index contributed by atoms with van der Waals surface area (Å²) in [5.74, 6) is 1.78. The van der Waals surface area contributed by atoms with Gasteiger partial charge in [-0.2, -0.15) is 9.97 Å². The van der Waals surface area contributed by atoms with Crippen molar-refractivity contribution in [3.05, 3.63) is 212 Å². The highest BCUT2D eigenvalue weighted by molar-refractivity contribution is 7.84. The number of pyridine rings is 1. The average Bonchev–Trinajstić information content (AvgIpc) is 3.86. The molecule has 0 fully saturated rings. The topological polar surface area (TPSA) is 56.5 Å². The number of hydrogen-bond acceptors (Lipinski definition) is 6. The van der Waals surface area contributed by atoms with Crippen LogP contribution in [0.2, 0.25) is 0 Å². The molecule has 0 saturated carbocycles. The van der Waals surface area contributed by atoms with Gasteiger partial charge >= 0.3 is 0 Å². The third-order valence-corrected chi connectivity index (χ3v) is 11.3. The highest BCUT2D eigenvalue weighted by Gasteiger charge is 2.21. The monoisotopic (exact) mass is 825 g/mol. The van der Waals surface area contributed by atoms with E-state index in [9.17, 15) is 0 Å². The van der Waals surface area contributed by atoms with Crippen LogP contribution in [-0.4, -0.2) is 24.5 Å². The maximum atomic E-state index is 5.24. The van der Waals surface area contributed by atoms with Gasteiger partial charge in [0.05, 0.1) is 11.0 Å². The summed E-state index contributed by atoms with van der Waals surface area (Å²) in [7, 11) is 0. The molecule has 0 aliphatic rings. The third kappa shape index (κ3) is 8.75. The molecule has 0 spiro atoms. The molecule has 61 heavy (non-hydrogen) atoms. The number of rotatable bonds is 7. The Morgan fingerprint density at radius 3 is 1.72 bits per heavy atom. The molecule has 4 aromatic heterocycles. The summed E-state index contributed by atoms with van der Waals surface area (Å²) in [6.07, 6.45) is 13.1. The second-order valence-corrected chi connectivity index (χ2v) is 15.7. The normalized spacial score (nSPS) is 11.2. The molecule has 7 heteroatoms. The van der Waals surface area contributed by atoms with Crippen LogP contribution in [0, 0.1) is 0 Å². The van der Waals surface area contributed by atoms with E-state index in [4.69, 9.17) is 15.0 Å². The van der Waals surface area contributed by atoms with Gasteiger partial charge in [-0.3, -0.25) is 9.55 Å². The number of benzene rings is 6. The molecule has 0 atom stereocenters. The lowest BCUT2D eigenvalue weighted by molar-refractivity contribution is 0.953. The van der Waals surface area contributed by atoms with Crippen molar-refractivity contribution in [3.8, 4) is 51.0 Å². The zero-order valence-corrected chi connectivity index (χ0v) is 35.7. The molecular weight excluding hydrogens is 783 g/mol. The first-order valence-corrected chi connectivity index (χ1v) is 21.2. The second kappa shape index (κ2) is 18.8. The summed E-state index contributed by atoms with van der Waals surface area (Å²) in [6.45, 7) is 10.9. The Morgan fingerprint density at radius 2 is 1.16 bits per heavy atom. The molecule has 10 rings (SSSR count). The molecule has 5 nitrogen and oxygen atoms in total. The van der Waals surface area contributed by atoms with Gasteiger partial charge in [-0.1, -0.05) is 159 Å². The van der Waals surface area contributed by atoms with Crippen LogP contribution in [-0.2, 0) is 0 Å². The highest BCUT2D eigenvalue weighted by atomic mass is 32.1. The Labute approximate surface area is 365 Å². The van der Waals surface area contributed by atoms with E-state index in [1.54, 1.807) is 6.08 Å². The van der Waals surface area contributed by atoms with E-state index in [-0.39, 0.29) is 0 Å². The molecule has 0 unspecified atom stereocenters. The van der Waals surface area contributed by atoms with E-state index in [1.807, 2.05) is 74.0 Å². The largest absolute Gasteiger partial charge is 0.278 e. The molecule has 0 saturated heterocycles. The predicted molar refractivity (Wildman–Crippen MR) is 265 cm³/mol. The zero-order chi connectivity index (χ0) is 42.1. The van der Waals surface area contributed by atoms with Crippen LogP contribution in [0.15, 0.2) is 212 Å². The fourth-order valence-corrected chi connectivity index (χ4v) is 8.64. The first-order valence-electron chi connectivity index (χ1n) is 20.0. The Bertz CT molecular complexity index is 3110. The number of thiophene rings is 1. The van der Waals surface area contributed by atoms with E-state index >= 15 is 0 Å². The maximum Gasteiger partial charge on any atom is 0.238 e. The number of fused-ring (bicyclic) bond motifs is 7. The van der Waals surface area contributed by atoms with Crippen LogP contribution in [0.3, 0.4) is 0 Å². The third-order valence-electron chi connectivity index (χ3n) is 10.0. The van der Waals surface area contributed by atoms with Crippen LogP contribution >= 0.6 is 24.0 Å². The highest BCUT2D eigenvalue weighted by Crippen LogP contribution is 2.43. The Hall–Kier alpha value is -7.19. The Morgan fingerprint density at radius 1 is 0.574 bits per heavy atom. The lowest BCUT2D eigenvalue weighted by Gasteiger charge is -2.12. The van der Waals surface area contributed by atoms with Crippen LogP contribution in [0.25, 0.3) is 93.0 Å². The molecule has 10 aromatic rings. The van der Waals surface area contributed by atoms with Crippen molar-refractivity contribution < 1.29 is 0 Å². The maximum absolute atomic E-state index is 5.24. The van der Waals surface area contributed by atoms with Gasteiger partial charge in [-0.15, -0.1) is 24.0 Å². The first-order chi connectivity index (χ1) is 30.0. The van der Waals surface area contributed by atoms with Crippen LogP contribution in [0.4, 0.5) is 0 Å². The van der Waals surface area contributed by atoms with Gasteiger partial charge in [-0.05, 0) is 77.4 Å². The van der Waals surface area contributed by atoms with Gasteiger partial charge in [0.2, 0.25) is 5.95 Å². The van der Waals surface area contributed by atoms with Crippen LogP contribution in [0.5, 0.6) is 0 Å². The van der Waals surface area contributed by atoms with Gasteiger partial charge in [0, 0.05) is 54.5 Å². The van der Waals surface area contributed by atoms with Crippen LogP contribution < -0.4 is 0 Å². The fraction of sp³-hybridized carbons (Fsp3) is 0.0370. The molecule has 0 radical (unpaired) electrons. The lowest BCUT2D eigenvalue weighted by atomic mass is 10.0. The zero-order valence-electron chi connectivity index (χ0n) is 34.0. The minimum atomic E-state index is 0.560. The fourth-order valence-electron chi connectivity index (χ4n) is 7.37. The summed E-state index contributed by atoms with van der Waals surface area (Å²) in [5, 5.41) is 4.70. The van der Waals surface area contributed by atoms with Gasteiger partial charge in [0.1, 0.15) is 0 Å². The first kappa shape index (κ1) is 40.6. The smallest absolute Gasteiger partial charge is 0.238 e. The van der Waals surface area contributed by atoms with Crippen molar-refractivity contribution in [2.75, 3.05) is 0 Å². The Kier molecular flexibility index (Phi) is 12.5. The van der Waals surface area contributed by atoms with Crippen molar-refractivity contribution in [2.24, 2.45) is 0 Å². The van der Waals surface area contributed by atoms with E-state index in [0.29, 0.717) is 17.6 Å². The number of nitrogens with zero attached hydrogens (tertiary/aromatic N) is 5. The average molecular weight is 826 g/mol. The number of aromatic nitrogens is 5.